The van der Waals surface area contributed by atoms with Crippen LogP contribution in [0, 0.1) is 0 Å². The van der Waals surface area contributed by atoms with Crippen LogP contribution >= 0.6 is 0 Å². The second-order valence-electron chi connectivity index (χ2n) is 5.46. The number of nitrogens with zero attached hydrogens (tertiary/aromatic N) is 2. The molecular weight excluding hydrogens is 367 g/mol. The van der Waals surface area contributed by atoms with E-state index in [1.54, 1.807) is 0 Å². The number of halogens is 3. The van der Waals surface area contributed by atoms with Gasteiger partial charge in [-0.2, -0.15) is 13.2 Å². The minimum atomic E-state index is -4.73. The molecule has 7 nitrogen and oxygen atoms in total. The second kappa shape index (κ2) is 6.71. The van der Waals surface area contributed by atoms with Crippen molar-refractivity contribution in [1.82, 2.24) is 14.5 Å². The predicted molar refractivity (Wildman–Crippen MR) is 88.9 cm³/mol. The Kier molecular flexibility index (Phi) is 4.56. The van der Waals surface area contributed by atoms with Gasteiger partial charge >= 0.3 is 12.1 Å². The number of rotatable bonds is 3. The molecule has 0 bridgehead atoms. The number of alkyl halides is 3. The first kappa shape index (κ1) is 18.4. The van der Waals surface area contributed by atoms with Crippen molar-refractivity contribution in [3.63, 3.8) is 0 Å². The molecule has 0 atom stereocenters. The summed E-state index contributed by atoms with van der Waals surface area (Å²) in [7, 11) is 0. The highest BCUT2D eigenvalue weighted by Gasteiger charge is 2.34. The van der Waals surface area contributed by atoms with E-state index in [2.05, 4.69) is 9.97 Å². The smallest absolute Gasteiger partial charge is 0.418 e. The van der Waals surface area contributed by atoms with Crippen molar-refractivity contribution >= 4 is 17.0 Å². The fraction of sp³-hybridized carbons (Fsp3) is 0.176. The van der Waals surface area contributed by atoms with Crippen molar-refractivity contribution in [3.05, 3.63) is 68.5 Å². The van der Waals surface area contributed by atoms with Crippen LogP contribution in [0.25, 0.3) is 16.7 Å². The van der Waals surface area contributed by atoms with Gasteiger partial charge < -0.3 is 14.3 Å². The zero-order chi connectivity index (χ0) is 19.8. The third kappa shape index (κ3) is 3.59. The Bertz CT molecular complexity index is 1130. The van der Waals surface area contributed by atoms with E-state index in [0.717, 1.165) is 28.8 Å². The highest BCUT2D eigenvalue weighted by molar-refractivity contribution is 5.90. The standard InChI is InChI=1S/C17H12F3N3O4/c1-2-27-16(26)14-15(25)22-11-7-10(17(18,19)20)13(8-12(11)21-14)23-5-3-9(24)4-6-23/h3-8H,2H2,1H3,(H,22,25). The number of esters is 1. The molecule has 2 heterocycles. The number of aromatic amines is 1. The lowest BCUT2D eigenvalue weighted by Gasteiger charge is -2.16. The lowest BCUT2D eigenvalue weighted by Crippen LogP contribution is -2.22. The van der Waals surface area contributed by atoms with Crippen molar-refractivity contribution < 1.29 is 22.7 Å². The summed E-state index contributed by atoms with van der Waals surface area (Å²) in [4.78, 5) is 41.1. The van der Waals surface area contributed by atoms with Crippen LogP contribution in [-0.4, -0.2) is 27.1 Å². The Labute approximate surface area is 149 Å². The van der Waals surface area contributed by atoms with Gasteiger partial charge in [0.05, 0.1) is 28.9 Å². The molecule has 10 heteroatoms. The zero-order valence-electron chi connectivity index (χ0n) is 13.8. The third-order valence-electron chi connectivity index (χ3n) is 3.66. The topological polar surface area (TPSA) is 94.0 Å². The SMILES string of the molecule is CCOC(=O)c1nc2cc(-n3ccc(=O)cc3)c(C(F)(F)F)cc2[nH]c1=O. The molecule has 0 fully saturated rings. The number of fused-ring (bicyclic) bond motifs is 1. The van der Waals surface area contributed by atoms with Crippen LogP contribution in [0.3, 0.4) is 0 Å². The van der Waals surface area contributed by atoms with E-state index >= 15 is 0 Å². The first-order valence-electron chi connectivity index (χ1n) is 7.72. The Hall–Kier alpha value is -3.43. The summed E-state index contributed by atoms with van der Waals surface area (Å²) in [6, 6.07) is 4.01. The molecular formula is C17H12F3N3O4. The molecule has 0 saturated heterocycles. The number of hydrogen-bond acceptors (Lipinski definition) is 5. The summed E-state index contributed by atoms with van der Waals surface area (Å²) in [5, 5.41) is 0. The maximum Gasteiger partial charge on any atom is 0.418 e. The van der Waals surface area contributed by atoms with Crippen molar-refractivity contribution in [2.75, 3.05) is 6.61 Å². The van der Waals surface area contributed by atoms with Crippen LogP contribution in [0.4, 0.5) is 13.2 Å². The molecule has 0 aliphatic heterocycles. The van der Waals surface area contributed by atoms with Gasteiger partial charge in [0.1, 0.15) is 0 Å². The van der Waals surface area contributed by atoms with Crippen LogP contribution in [0.5, 0.6) is 0 Å². The normalized spacial score (nSPS) is 11.6. The molecule has 0 aliphatic rings. The van der Waals surface area contributed by atoms with Crippen molar-refractivity contribution in [2.24, 2.45) is 0 Å². The maximum atomic E-state index is 13.5. The van der Waals surface area contributed by atoms with E-state index < -0.39 is 29.0 Å². The van der Waals surface area contributed by atoms with E-state index in [0.29, 0.717) is 0 Å². The number of nitrogens with one attached hydrogen (secondary N) is 1. The summed E-state index contributed by atoms with van der Waals surface area (Å²) >= 11 is 0. The molecule has 3 rings (SSSR count). The number of H-pyrrole nitrogens is 1. The van der Waals surface area contributed by atoms with Gasteiger partial charge in [-0.25, -0.2) is 9.78 Å². The molecule has 27 heavy (non-hydrogen) atoms. The number of hydrogen-bond donors (Lipinski definition) is 1. The average Bonchev–Trinajstić information content (AvgIpc) is 2.60. The number of benzene rings is 1. The number of aromatic nitrogens is 3. The zero-order valence-corrected chi connectivity index (χ0v) is 13.8. The minimum Gasteiger partial charge on any atom is -0.461 e. The molecule has 0 radical (unpaired) electrons. The number of pyridine rings is 1. The molecule has 0 spiro atoms. The van der Waals surface area contributed by atoms with Crippen LogP contribution in [0.15, 0.2) is 46.2 Å². The predicted octanol–water partition coefficient (Wildman–Crippen LogP) is 2.27. The number of carbonyl (C=O) groups excluding carboxylic acids is 1. The fourth-order valence-corrected chi connectivity index (χ4v) is 2.47. The van der Waals surface area contributed by atoms with Gasteiger partial charge in [-0.3, -0.25) is 9.59 Å². The summed E-state index contributed by atoms with van der Waals surface area (Å²) < 4.78 is 46.3. The van der Waals surface area contributed by atoms with Gasteiger partial charge in [-0.05, 0) is 19.1 Å². The molecule has 0 amide bonds. The quantitative estimate of drug-likeness (QED) is 0.705. The monoisotopic (exact) mass is 379 g/mol. The van der Waals surface area contributed by atoms with E-state index in [1.807, 2.05) is 0 Å². The van der Waals surface area contributed by atoms with Crippen molar-refractivity contribution in [1.29, 1.82) is 0 Å². The molecule has 1 aromatic carbocycles. The Balaban J connectivity index is 2.30. The molecule has 3 aromatic rings. The maximum absolute atomic E-state index is 13.5. The van der Waals surface area contributed by atoms with Crippen molar-refractivity contribution in [3.8, 4) is 5.69 Å². The lowest BCUT2D eigenvalue weighted by molar-refractivity contribution is -0.137. The van der Waals surface area contributed by atoms with Crippen molar-refractivity contribution in [2.45, 2.75) is 13.1 Å². The van der Waals surface area contributed by atoms with Crippen LogP contribution in [0.1, 0.15) is 23.0 Å². The first-order valence-corrected chi connectivity index (χ1v) is 7.72. The Morgan fingerprint density at radius 1 is 1.22 bits per heavy atom. The summed E-state index contributed by atoms with van der Waals surface area (Å²) in [6.45, 7) is 1.55. The van der Waals surface area contributed by atoms with Gasteiger partial charge in [0, 0.05) is 24.5 Å². The first-order chi connectivity index (χ1) is 12.7. The van der Waals surface area contributed by atoms with E-state index in [9.17, 15) is 27.6 Å². The third-order valence-corrected chi connectivity index (χ3v) is 3.66. The summed E-state index contributed by atoms with van der Waals surface area (Å²) in [5.74, 6) is -0.981. The Morgan fingerprint density at radius 3 is 2.48 bits per heavy atom. The second-order valence-corrected chi connectivity index (χ2v) is 5.46. The highest BCUT2D eigenvalue weighted by Crippen LogP contribution is 2.35. The van der Waals surface area contributed by atoms with E-state index in [-0.39, 0.29) is 28.8 Å². The summed E-state index contributed by atoms with van der Waals surface area (Å²) in [6.07, 6.45) is -2.38. The molecule has 140 valence electrons. The lowest BCUT2D eigenvalue weighted by atomic mass is 10.1. The fourth-order valence-electron chi connectivity index (χ4n) is 2.47. The van der Waals surface area contributed by atoms with Gasteiger partial charge in [0.15, 0.2) is 5.43 Å². The number of carbonyl (C=O) groups is 1. The molecule has 2 aromatic heterocycles. The van der Waals surface area contributed by atoms with Gasteiger partial charge in [-0.1, -0.05) is 0 Å². The molecule has 0 saturated carbocycles. The van der Waals surface area contributed by atoms with E-state index in [1.165, 1.54) is 19.3 Å². The highest BCUT2D eigenvalue weighted by atomic mass is 19.4. The molecule has 0 aliphatic carbocycles. The number of ether oxygens (including phenoxy) is 1. The van der Waals surface area contributed by atoms with Crippen LogP contribution < -0.4 is 11.0 Å². The molecule has 0 unspecified atom stereocenters. The largest absolute Gasteiger partial charge is 0.461 e. The van der Waals surface area contributed by atoms with Gasteiger partial charge in [-0.15, -0.1) is 0 Å². The van der Waals surface area contributed by atoms with E-state index in [4.69, 9.17) is 4.74 Å². The Morgan fingerprint density at radius 2 is 1.89 bits per heavy atom. The van der Waals surface area contributed by atoms with Crippen LogP contribution in [-0.2, 0) is 10.9 Å². The summed E-state index contributed by atoms with van der Waals surface area (Å²) in [5.41, 5.74) is -3.47. The van der Waals surface area contributed by atoms with Crippen LogP contribution in [0.2, 0.25) is 0 Å². The van der Waals surface area contributed by atoms with Gasteiger partial charge in [0.2, 0.25) is 5.69 Å². The van der Waals surface area contributed by atoms with Gasteiger partial charge in [0.25, 0.3) is 5.56 Å². The average molecular weight is 379 g/mol. The molecule has 1 N–H and O–H groups in total. The minimum absolute atomic E-state index is 0.00759.